The van der Waals surface area contributed by atoms with E-state index in [0.29, 0.717) is 5.69 Å². The third-order valence-electron chi connectivity index (χ3n) is 1.97. The Morgan fingerprint density at radius 2 is 2.00 bits per heavy atom. The van der Waals surface area contributed by atoms with Gasteiger partial charge in [0.25, 0.3) is 0 Å². The van der Waals surface area contributed by atoms with Gasteiger partial charge < -0.3 is 11.1 Å². The molecule has 0 atom stereocenters. The summed E-state index contributed by atoms with van der Waals surface area (Å²) in [5.41, 5.74) is 8.47. The van der Waals surface area contributed by atoms with Gasteiger partial charge in [-0.3, -0.25) is 4.98 Å². The Morgan fingerprint density at radius 3 is 2.46 bits per heavy atom. The fraction of sp³-hybridized carbons (Fsp3) is 0.500. The third-order valence-corrected chi connectivity index (χ3v) is 1.97. The zero-order valence-electron chi connectivity index (χ0n) is 8.68. The van der Waals surface area contributed by atoms with E-state index in [-0.39, 0.29) is 5.41 Å². The van der Waals surface area contributed by atoms with E-state index in [0.717, 1.165) is 11.4 Å². The first kappa shape index (κ1) is 9.84. The lowest BCUT2D eigenvalue weighted by atomic mass is 9.91. The van der Waals surface area contributed by atoms with Crippen LogP contribution >= 0.6 is 0 Å². The number of hydrogen-bond acceptors (Lipinski definition) is 3. The number of pyridine rings is 1. The molecule has 0 aliphatic heterocycles. The Bertz CT molecular complexity index is 300. The van der Waals surface area contributed by atoms with Gasteiger partial charge in [0.2, 0.25) is 0 Å². The van der Waals surface area contributed by atoms with Gasteiger partial charge in [-0.1, -0.05) is 20.8 Å². The Labute approximate surface area is 79.4 Å². The summed E-state index contributed by atoms with van der Waals surface area (Å²) in [5.74, 6) is 0. The fourth-order valence-electron chi connectivity index (χ4n) is 1.09. The minimum atomic E-state index is 0.0688. The maximum Gasteiger partial charge on any atom is 0.0736 e. The van der Waals surface area contributed by atoms with Crippen molar-refractivity contribution in [3.63, 3.8) is 0 Å². The third kappa shape index (κ3) is 2.11. The van der Waals surface area contributed by atoms with Crippen molar-refractivity contribution in [3.05, 3.63) is 18.0 Å². The number of hydrogen-bond donors (Lipinski definition) is 2. The number of aromatic nitrogens is 1. The molecule has 1 heterocycles. The summed E-state index contributed by atoms with van der Waals surface area (Å²) >= 11 is 0. The molecule has 0 amide bonds. The predicted octanol–water partition coefficient (Wildman–Crippen LogP) is 2.00. The topological polar surface area (TPSA) is 50.9 Å². The van der Waals surface area contributed by atoms with Crippen LogP contribution in [0.1, 0.15) is 26.5 Å². The van der Waals surface area contributed by atoms with E-state index >= 15 is 0 Å². The van der Waals surface area contributed by atoms with Crippen molar-refractivity contribution in [2.24, 2.45) is 0 Å². The molecule has 3 N–H and O–H groups in total. The second kappa shape index (κ2) is 3.24. The smallest absolute Gasteiger partial charge is 0.0736 e. The molecule has 0 aliphatic carbocycles. The molecule has 13 heavy (non-hydrogen) atoms. The second-order valence-corrected chi connectivity index (χ2v) is 4.16. The minimum absolute atomic E-state index is 0.0688. The van der Waals surface area contributed by atoms with Gasteiger partial charge in [-0.2, -0.15) is 0 Å². The van der Waals surface area contributed by atoms with Crippen molar-refractivity contribution in [2.45, 2.75) is 26.2 Å². The van der Waals surface area contributed by atoms with Crippen LogP contribution in [-0.4, -0.2) is 12.0 Å². The van der Waals surface area contributed by atoms with Crippen LogP contribution in [0.3, 0.4) is 0 Å². The second-order valence-electron chi connectivity index (χ2n) is 4.16. The predicted molar refractivity (Wildman–Crippen MR) is 56.9 cm³/mol. The summed E-state index contributed by atoms with van der Waals surface area (Å²) in [5, 5.41) is 3.04. The average Bonchev–Trinajstić information content (AvgIpc) is 2.03. The van der Waals surface area contributed by atoms with Crippen LogP contribution in [0.25, 0.3) is 0 Å². The SMILES string of the molecule is CNc1cc(C(C)(C)C)ncc1N. The van der Waals surface area contributed by atoms with Gasteiger partial charge in [-0.05, 0) is 6.07 Å². The van der Waals surface area contributed by atoms with Crippen molar-refractivity contribution in [1.82, 2.24) is 4.98 Å². The molecule has 0 saturated heterocycles. The van der Waals surface area contributed by atoms with Gasteiger partial charge >= 0.3 is 0 Å². The van der Waals surface area contributed by atoms with Crippen LogP contribution < -0.4 is 11.1 Å². The number of nitrogen functional groups attached to an aromatic ring is 1. The first-order chi connectivity index (χ1) is 5.95. The first-order valence-electron chi connectivity index (χ1n) is 4.39. The highest BCUT2D eigenvalue weighted by Gasteiger charge is 2.16. The van der Waals surface area contributed by atoms with Crippen LogP contribution in [-0.2, 0) is 5.41 Å². The van der Waals surface area contributed by atoms with E-state index in [4.69, 9.17) is 5.73 Å². The molecule has 1 aromatic heterocycles. The normalized spacial score (nSPS) is 11.4. The molecule has 0 radical (unpaired) electrons. The van der Waals surface area contributed by atoms with Crippen LogP contribution in [0.2, 0.25) is 0 Å². The van der Waals surface area contributed by atoms with Gasteiger partial charge in [0, 0.05) is 18.2 Å². The van der Waals surface area contributed by atoms with E-state index in [1.807, 2.05) is 13.1 Å². The fourth-order valence-corrected chi connectivity index (χ4v) is 1.09. The molecular formula is C10H17N3. The lowest BCUT2D eigenvalue weighted by Crippen LogP contribution is -2.14. The summed E-state index contributed by atoms with van der Waals surface area (Å²) in [6.45, 7) is 6.39. The highest BCUT2D eigenvalue weighted by molar-refractivity contribution is 5.65. The van der Waals surface area contributed by atoms with Gasteiger partial charge in [-0.15, -0.1) is 0 Å². The zero-order chi connectivity index (χ0) is 10.1. The molecule has 0 saturated carbocycles. The standard InChI is InChI=1S/C10H17N3/c1-10(2,3)9-5-8(12-4)7(11)6-13-9/h5-6H,11H2,1-4H3,(H,12,13). The van der Waals surface area contributed by atoms with Gasteiger partial charge in [0.1, 0.15) is 0 Å². The number of nitrogens with two attached hydrogens (primary N) is 1. The van der Waals surface area contributed by atoms with E-state index in [2.05, 4.69) is 31.1 Å². The molecule has 3 heteroatoms. The molecule has 72 valence electrons. The summed E-state index contributed by atoms with van der Waals surface area (Å²) < 4.78 is 0. The number of anilines is 2. The average molecular weight is 179 g/mol. The van der Waals surface area contributed by atoms with Crippen LogP contribution in [0.15, 0.2) is 12.3 Å². The lowest BCUT2D eigenvalue weighted by molar-refractivity contribution is 0.569. The number of nitrogens with zero attached hydrogens (tertiary/aromatic N) is 1. The highest BCUT2D eigenvalue weighted by Crippen LogP contribution is 2.25. The van der Waals surface area contributed by atoms with Crippen molar-refractivity contribution in [2.75, 3.05) is 18.1 Å². The quantitative estimate of drug-likeness (QED) is 0.693. The van der Waals surface area contributed by atoms with Crippen molar-refractivity contribution < 1.29 is 0 Å². The molecule has 0 fully saturated rings. The Hall–Kier alpha value is -1.25. The molecule has 1 rings (SSSR count). The number of nitrogens with one attached hydrogen (secondary N) is 1. The van der Waals surface area contributed by atoms with Crippen LogP contribution in [0.4, 0.5) is 11.4 Å². The van der Waals surface area contributed by atoms with Crippen molar-refractivity contribution in [1.29, 1.82) is 0 Å². The summed E-state index contributed by atoms with van der Waals surface area (Å²) in [6, 6.07) is 2.00. The van der Waals surface area contributed by atoms with Gasteiger partial charge in [-0.25, -0.2) is 0 Å². The first-order valence-corrected chi connectivity index (χ1v) is 4.39. The molecule has 0 aromatic carbocycles. The molecule has 3 nitrogen and oxygen atoms in total. The maximum atomic E-state index is 5.72. The molecule has 0 unspecified atom stereocenters. The van der Waals surface area contributed by atoms with Gasteiger partial charge in [0.15, 0.2) is 0 Å². The Kier molecular flexibility index (Phi) is 2.45. The minimum Gasteiger partial charge on any atom is -0.396 e. The van der Waals surface area contributed by atoms with E-state index in [9.17, 15) is 0 Å². The van der Waals surface area contributed by atoms with Crippen LogP contribution in [0, 0.1) is 0 Å². The zero-order valence-corrected chi connectivity index (χ0v) is 8.68. The summed E-state index contributed by atoms with van der Waals surface area (Å²) in [7, 11) is 1.86. The number of rotatable bonds is 1. The van der Waals surface area contributed by atoms with E-state index in [1.54, 1.807) is 6.20 Å². The van der Waals surface area contributed by atoms with Crippen molar-refractivity contribution >= 4 is 11.4 Å². The van der Waals surface area contributed by atoms with Gasteiger partial charge in [0.05, 0.1) is 17.6 Å². The molecule has 0 bridgehead atoms. The lowest BCUT2D eigenvalue weighted by Gasteiger charge is -2.18. The molecule has 0 spiro atoms. The Morgan fingerprint density at radius 1 is 1.38 bits per heavy atom. The monoisotopic (exact) mass is 179 g/mol. The van der Waals surface area contributed by atoms with E-state index < -0.39 is 0 Å². The largest absolute Gasteiger partial charge is 0.396 e. The maximum absolute atomic E-state index is 5.72. The summed E-state index contributed by atoms with van der Waals surface area (Å²) in [4.78, 5) is 4.29. The molecule has 0 aliphatic rings. The molecular weight excluding hydrogens is 162 g/mol. The van der Waals surface area contributed by atoms with E-state index in [1.165, 1.54) is 0 Å². The highest BCUT2D eigenvalue weighted by atomic mass is 14.9. The van der Waals surface area contributed by atoms with Crippen LogP contribution in [0.5, 0.6) is 0 Å². The van der Waals surface area contributed by atoms with Crippen molar-refractivity contribution in [3.8, 4) is 0 Å². The summed E-state index contributed by atoms with van der Waals surface area (Å²) in [6.07, 6.45) is 1.70. The Balaban J connectivity index is 3.14. The molecule has 1 aromatic rings.